The average Bonchev–Trinajstić information content (AvgIpc) is 2.59. The monoisotopic (exact) mass is 419 g/mol. The lowest BCUT2D eigenvalue weighted by Gasteiger charge is -2.14. The van der Waals surface area contributed by atoms with E-state index in [1.54, 1.807) is 31.4 Å². The van der Waals surface area contributed by atoms with Crippen LogP contribution in [0.25, 0.3) is 10.8 Å². The normalized spacial score (nSPS) is 11.6. The summed E-state index contributed by atoms with van der Waals surface area (Å²) in [6, 6.07) is 16.5. The molecule has 0 aliphatic heterocycles. The van der Waals surface area contributed by atoms with Crippen molar-refractivity contribution in [2.75, 3.05) is 7.11 Å². The fourth-order valence-corrected chi connectivity index (χ4v) is 4.06. The maximum absolute atomic E-state index is 12.5. The molecule has 0 bridgehead atoms. The van der Waals surface area contributed by atoms with Crippen LogP contribution in [0.3, 0.4) is 0 Å². The first-order valence-corrected chi connectivity index (χ1v) is 10.00. The molecule has 4 nitrogen and oxygen atoms in total. The number of sulfonamides is 1. The maximum Gasteiger partial charge on any atom is 0.240 e. The first-order chi connectivity index (χ1) is 11.9. The van der Waals surface area contributed by atoms with E-state index in [4.69, 9.17) is 4.74 Å². The summed E-state index contributed by atoms with van der Waals surface area (Å²) in [6.07, 6.45) is 0. The maximum atomic E-state index is 12.5. The van der Waals surface area contributed by atoms with E-state index in [1.165, 1.54) is 0 Å². The van der Waals surface area contributed by atoms with Gasteiger partial charge in [0, 0.05) is 16.6 Å². The number of benzene rings is 3. The van der Waals surface area contributed by atoms with Gasteiger partial charge in [0.25, 0.3) is 0 Å². The molecule has 0 aromatic heterocycles. The molecule has 0 heterocycles. The molecule has 0 atom stereocenters. The summed E-state index contributed by atoms with van der Waals surface area (Å²) < 4.78 is 34.2. The largest absolute Gasteiger partial charge is 0.496 e. The van der Waals surface area contributed by atoms with E-state index >= 15 is 0 Å². The van der Waals surface area contributed by atoms with Crippen LogP contribution in [-0.2, 0) is 16.6 Å². The summed E-state index contributed by atoms with van der Waals surface area (Å²) in [5, 5.41) is 1.97. The number of hydrogen-bond donors (Lipinski definition) is 1. The third-order valence-electron chi connectivity index (χ3n) is 4.04. The second-order valence-corrected chi connectivity index (χ2v) is 8.43. The third-order valence-corrected chi connectivity index (χ3v) is 5.95. The van der Waals surface area contributed by atoms with Crippen LogP contribution in [0.2, 0.25) is 0 Å². The topological polar surface area (TPSA) is 55.4 Å². The molecule has 3 aromatic rings. The number of aryl methyl sites for hydroxylation is 1. The number of ether oxygens (including phenoxy) is 1. The van der Waals surface area contributed by atoms with Gasteiger partial charge in [0.2, 0.25) is 10.0 Å². The molecule has 3 rings (SSSR count). The highest BCUT2D eigenvalue weighted by Crippen LogP contribution is 2.30. The molecule has 0 saturated heterocycles. The van der Waals surface area contributed by atoms with Crippen LogP contribution in [0, 0.1) is 6.92 Å². The van der Waals surface area contributed by atoms with Crippen LogP contribution < -0.4 is 9.46 Å². The third kappa shape index (κ3) is 3.86. The first-order valence-electron chi connectivity index (χ1n) is 7.72. The average molecular weight is 420 g/mol. The van der Waals surface area contributed by atoms with E-state index < -0.39 is 10.0 Å². The Labute approximate surface area is 156 Å². The van der Waals surface area contributed by atoms with Crippen LogP contribution in [0.1, 0.15) is 11.1 Å². The number of methoxy groups -OCH3 is 1. The highest BCUT2D eigenvalue weighted by Gasteiger charge is 2.16. The van der Waals surface area contributed by atoms with Gasteiger partial charge >= 0.3 is 0 Å². The molecule has 0 fully saturated rings. The highest BCUT2D eigenvalue weighted by atomic mass is 79.9. The lowest BCUT2D eigenvalue weighted by molar-refractivity contribution is 0.410. The van der Waals surface area contributed by atoms with E-state index in [0.717, 1.165) is 26.4 Å². The molecular weight excluding hydrogens is 402 g/mol. The Bertz CT molecular complexity index is 1010. The second-order valence-electron chi connectivity index (χ2n) is 5.75. The van der Waals surface area contributed by atoms with Gasteiger partial charge in [0.15, 0.2) is 0 Å². The summed E-state index contributed by atoms with van der Waals surface area (Å²) in [5.74, 6) is 0.654. The van der Waals surface area contributed by atoms with Crippen molar-refractivity contribution in [2.24, 2.45) is 0 Å². The van der Waals surface area contributed by atoms with Crippen molar-refractivity contribution in [2.45, 2.75) is 18.4 Å². The lowest BCUT2D eigenvalue weighted by atomic mass is 10.0. The Morgan fingerprint density at radius 3 is 2.44 bits per heavy atom. The molecule has 0 amide bonds. The van der Waals surface area contributed by atoms with Gasteiger partial charge in [-0.15, -0.1) is 0 Å². The van der Waals surface area contributed by atoms with Crippen LogP contribution >= 0.6 is 15.9 Å². The number of nitrogens with one attached hydrogen (secondary N) is 1. The van der Waals surface area contributed by atoms with Gasteiger partial charge < -0.3 is 4.74 Å². The number of rotatable bonds is 5. The van der Waals surface area contributed by atoms with Crippen LogP contribution in [0.4, 0.5) is 0 Å². The zero-order valence-electron chi connectivity index (χ0n) is 13.9. The summed E-state index contributed by atoms with van der Waals surface area (Å²) in [7, 11) is -2.01. The predicted molar refractivity (Wildman–Crippen MR) is 103 cm³/mol. The molecule has 1 N–H and O–H groups in total. The molecule has 0 spiro atoms. The number of halogens is 1. The van der Waals surface area contributed by atoms with Gasteiger partial charge in [-0.2, -0.15) is 0 Å². The Kier molecular flexibility index (Phi) is 5.13. The van der Waals surface area contributed by atoms with E-state index in [2.05, 4.69) is 20.7 Å². The molecule has 25 heavy (non-hydrogen) atoms. The second kappa shape index (κ2) is 7.15. The van der Waals surface area contributed by atoms with Crippen LogP contribution in [0.5, 0.6) is 5.75 Å². The molecule has 130 valence electrons. The zero-order valence-corrected chi connectivity index (χ0v) is 16.3. The van der Waals surface area contributed by atoms with Gasteiger partial charge in [-0.25, -0.2) is 13.1 Å². The molecule has 0 unspecified atom stereocenters. The minimum absolute atomic E-state index is 0.151. The minimum Gasteiger partial charge on any atom is -0.496 e. The van der Waals surface area contributed by atoms with Crippen molar-refractivity contribution in [3.05, 3.63) is 70.2 Å². The van der Waals surface area contributed by atoms with Crippen LogP contribution in [0.15, 0.2) is 64.0 Å². The van der Waals surface area contributed by atoms with E-state index in [1.807, 2.05) is 37.3 Å². The standard InChI is InChI=1S/C19H18BrNO3S/c1-13-3-7-16(8-4-13)25(22,23)21-12-18-17-9-6-15(20)11-14(17)5-10-19(18)24-2/h3-11,21H,12H2,1-2H3. The quantitative estimate of drug-likeness (QED) is 0.666. The van der Waals surface area contributed by atoms with Gasteiger partial charge in [0.05, 0.1) is 12.0 Å². The van der Waals surface area contributed by atoms with Crippen molar-refractivity contribution in [3.8, 4) is 5.75 Å². The van der Waals surface area contributed by atoms with E-state index in [-0.39, 0.29) is 11.4 Å². The predicted octanol–water partition coefficient (Wildman–Crippen LogP) is 4.40. The van der Waals surface area contributed by atoms with Crippen LogP contribution in [-0.4, -0.2) is 15.5 Å². The number of hydrogen-bond acceptors (Lipinski definition) is 3. The fraction of sp³-hybridized carbons (Fsp3) is 0.158. The molecule has 0 aliphatic carbocycles. The smallest absolute Gasteiger partial charge is 0.240 e. The molecule has 6 heteroatoms. The van der Waals surface area contributed by atoms with Crippen molar-refractivity contribution in [1.29, 1.82) is 0 Å². The van der Waals surface area contributed by atoms with Crippen molar-refractivity contribution in [1.82, 2.24) is 4.72 Å². The lowest BCUT2D eigenvalue weighted by Crippen LogP contribution is -2.23. The van der Waals surface area contributed by atoms with Gasteiger partial charge in [-0.3, -0.25) is 0 Å². The van der Waals surface area contributed by atoms with Gasteiger partial charge in [0.1, 0.15) is 5.75 Å². The van der Waals surface area contributed by atoms with Crippen molar-refractivity contribution >= 4 is 36.7 Å². The summed E-state index contributed by atoms with van der Waals surface area (Å²) in [5.41, 5.74) is 1.82. The zero-order chi connectivity index (χ0) is 18.0. The Morgan fingerprint density at radius 2 is 1.76 bits per heavy atom. The van der Waals surface area contributed by atoms with Crippen molar-refractivity contribution < 1.29 is 13.2 Å². The Hall–Kier alpha value is -1.89. The van der Waals surface area contributed by atoms with Gasteiger partial charge in [-0.1, -0.05) is 45.8 Å². The summed E-state index contributed by atoms with van der Waals surface area (Å²) in [6.45, 7) is 2.07. The SMILES string of the molecule is COc1ccc2cc(Br)ccc2c1CNS(=O)(=O)c1ccc(C)cc1. The summed E-state index contributed by atoms with van der Waals surface area (Å²) >= 11 is 3.46. The Morgan fingerprint density at radius 1 is 1.04 bits per heavy atom. The fourth-order valence-electron chi connectivity index (χ4n) is 2.69. The Balaban J connectivity index is 1.96. The highest BCUT2D eigenvalue weighted by molar-refractivity contribution is 9.10. The van der Waals surface area contributed by atoms with E-state index in [0.29, 0.717) is 5.75 Å². The molecule has 0 saturated carbocycles. The minimum atomic E-state index is -3.59. The van der Waals surface area contributed by atoms with Gasteiger partial charge in [-0.05, 0) is 48.0 Å². The number of fused-ring (bicyclic) bond motifs is 1. The molecule has 0 radical (unpaired) electrons. The molecule has 0 aliphatic rings. The van der Waals surface area contributed by atoms with E-state index in [9.17, 15) is 8.42 Å². The summed E-state index contributed by atoms with van der Waals surface area (Å²) in [4.78, 5) is 0.250. The van der Waals surface area contributed by atoms with Crippen molar-refractivity contribution in [3.63, 3.8) is 0 Å². The molecular formula is C19H18BrNO3S. The molecule has 3 aromatic carbocycles. The first kappa shape index (κ1) is 17.9.